The van der Waals surface area contributed by atoms with Crippen LogP contribution in [0.5, 0.6) is 5.75 Å². The molecule has 2 amide bonds. The zero-order valence-corrected chi connectivity index (χ0v) is 38.3. The lowest BCUT2D eigenvalue weighted by atomic mass is 9.63. The first-order valence-electron chi connectivity index (χ1n) is 23.4. The summed E-state index contributed by atoms with van der Waals surface area (Å²) < 4.78 is 11.7. The van der Waals surface area contributed by atoms with Gasteiger partial charge in [0.2, 0.25) is 5.91 Å². The largest absolute Gasteiger partial charge is 0.483 e. The number of benzene rings is 2. The van der Waals surface area contributed by atoms with Crippen molar-refractivity contribution in [3.8, 4) is 5.75 Å². The fourth-order valence-corrected chi connectivity index (χ4v) is 10.8. The van der Waals surface area contributed by atoms with E-state index in [1.807, 2.05) is 23.1 Å². The van der Waals surface area contributed by atoms with Gasteiger partial charge in [-0.3, -0.25) is 19.3 Å². The summed E-state index contributed by atoms with van der Waals surface area (Å²) in [5, 5.41) is 26.6. The average Bonchev–Trinajstić information content (AvgIpc) is 3.89. The number of hydroxylamine groups is 2. The molecule has 2 aromatic carbocycles. The summed E-state index contributed by atoms with van der Waals surface area (Å²) in [5.74, 6) is 1.28. The van der Waals surface area contributed by atoms with Gasteiger partial charge in [-0.15, -0.1) is 0 Å². The van der Waals surface area contributed by atoms with E-state index in [-0.39, 0.29) is 42.5 Å². The summed E-state index contributed by atoms with van der Waals surface area (Å²) in [6, 6.07) is 16.2. The van der Waals surface area contributed by atoms with Gasteiger partial charge in [-0.25, -0.2) is 0 Å². The molecule has 8 atom stereocenters. The number of nitrogens with one attached hydrogen (secondary N) is 1. The lowest BCUT2D eigenvalue weighted by molar-refractivity contribution is -0.182. The van der Waals surface area contributed by atoms with Gasteiger partial charge in [0.1, 0.15) is 17.9 Å². The van der Waals surface area contributed by atoms with Crippen LogP contribution in [0, 0.1) is 29.1 Å². The van der Waals surface area contributed by atoms with Crippen LogP contribution in [0.2, 0.25) is 0 Å². The number of amides is 2. The van der Waals surface area contributed by atoms with E-state index in [2.05, 4.69) is 87.0 Å². The van der Waals surface area contributed by atoms with Crippen molar-refractivity contribution >= 4 is 11.8 Å². The van der Waals surface area contributed by atoms with E-state index in [0.29, 0.717) is 63.7 Å². The minimum Gasteiger partial charge on any atom is -0.483 e. The summed E-state index contributed by atoms with van der Waals surface area (Å²) >= 11 is 0. The second-order valence-electron chi connectivity index (χ2n) is 19.7. The normalized spacial score (nSPS) is 27.1. The fraction of sp³-hybridized carbons (Fsp3) is 0.714. The Kier molecular flexibility index (Phi) is 17.1. The molecule has 6 rings (SSSR count). The van der Waals surface area contributed by atoms with Crippen LogP contribution in [0.25, 0.3) is 0 Å². The molecule has 4 fully saturated rings. The Labute approximate surface area is 366 Å². The monoisotopic (exact) mass is 848 g/mol. The Bertz CT molecular complexity index is 1690. The topological polar surface area (TPSA) is 127 Å². The number of carbonyl (C=O) groups excluding carboxylic acids is 2. The van der Waals surface area contributed by atoms with Gasteiger partial charge in [0, 0.05) is 56.3 Å². The maximum absolute atomic E-state index is 14.4. The molecule has 12 heteroatoms. The third-order valence-electron chi connectivity index (χ3n) is 14.1. The molecule has 2 aromatic rings. The third-order valence-corrected chi connectivity index (χ3v) is 14.1. The van der Waals surface area contributed by atoms with Crippen molar-refractivity contribution in [2.75, 3.05) is 59.2 Å². The molecule has 3 N–H and O–H groups in total. The molecule has 0 spiro atoms. The van der Waals surface area contributed by atoms with Gasteiger partial charge >= 0.3 is 0 Å². The van der Waals surface area contributed by atoms with Crippen molar-refractivity contribution in [3.05, 3.63) is 65.2 Å². The highest BCUT2D eigenvalue weighted by Crippen LogP contribution is 2.45. The standard InChI is InChI=1S/C49H77N5O7/c1-8-40-26-42(35(4)27-49(40,6)7)50-48(58)47-46(36(5)56)44(32-55)61-54(47)29-38-15-13-14-37(25-38)28-53(41(24-34(2)3)31-51-18-11-12-19-51)30-39-16-9-10-17-43(39)60-33-45(57)52-20-22-59-23-21-52/h9-10,13-17,25,34-36,40-42,44,46-47,55-56H,8,11-12,18-24,26-33H2,1-7H3,(H,50,58)/t35-,36-,40+,41-,42?,44-,46?,47?/m0/s1. The number of aliphatic hydroxyl groups is 2. The molecule has 12 nitrogen and oxygen atoms in total. The van der Waals surface area contributed by atoms with Crippen LogP contribution < -0.4 is 10.1 Å². The molecule has 340 valence electrons. The van der Waals surface area contributed by atoms with E-state index in [9.17, 15) is 19.8 Å². The third kappa shape index (κ3) is 12.5. The first kappa shape index (κ1) is 47.4. The molecule has 1 saturated carbocycles. The quantitative estimate of drug-likeness (QED) is 0.158. The van der Waals surface area contributed by atoms with E-state index < -0.39 is 24.2 Å². The molecule has 61 heavy (non-hydrogen) atoms. The van der Waals surface area contributed by atoms with Crippen molar-refractivity contribution in [3.63, 3.8) is 0 Å². The van der Waals surface area contributed by atoms with Gasteiger partial charge in [-0.1, -0.05) is 90.4 Å². The Morgan fingerprint density at radius 1 is 1.00 bits per heavy atom. The molecular formula is C49H77N5O7. The molecule has 3 aliphatic heterocycles. The summed E-state index contributed by atoms with van der Waals surface area (Å²) in [7, 11) is 0. The van der Waals surface area contributed by atoms with Crippen LogP contribution in [0.4, 0.5) is 0 Å². The fourth-order valence-electron chi connectivity index (χ4n) is 10.8. The summed E-state index contributed by atoms with van der Waals surface area (Å²) in [6.45, 7) is 22.3. The predicted molar refractivity (Wildman–Crippen MR) is 238 cm³/mol. The van der Waals surface area contributed by atoms with E-state index in [4.69, 9.17) is 14.3 Å². The van der Waals surface area contributed by atoms with Gasteiger partial charge in [-0.05, 0) is 92.5 Å². The number of hydrogen-bond donors (Lipinski definition) is 3. The van der Waals surface area contributed by atoms with E-state index in [1.165, 1.54) is 12.8 Å². The molecule has 3 unspecified atom stereocenters. The smallest absolute Gasteiger partial charge is 0.260 e. The molecule has 4 aliphatic rings. The minimum absolute atomic E-state index is 0.00990. The Morgan fingerprint density at radius 2 is 1.72 bits per heavy atom. The zero-order chi connectivity index (χ0) is 43.7. The molecule has 0 bridgehead atoms. The molecule has 3 saturated heterocycles. The summed E-state index contributed by atoms with van der Waals surface area (Å²) in [5.41, 5.74) is 3.39. The van der Waals surface area contributed by atoms with Crippen molar-refractivity contribution < 1.29 is 34.1 Å². The van der Waals surface area contributed by atoms with Gasteiger partial charge in [0.05, 0.1) is 32.5 Å². The highest BCUT2D eigenvalue weighted by molar-refractivity contribution is 5.83. The van der Waals surface area contributed by atoms with E-state index >= 15 is 0 Å². The maximum Gasteiger partial charge on any atom is 0.260 e. The number of aliphatic hydroxyl groups excluding tert-OH is 2. The van der Waals surface area contributed by atoms with Crippen LogP contribution in [0.15, 0.2) is 48.5 Å². The predicted octanol–water partition coefficient (Wildman–Crippen LogP) is 5.88. The zero-order valence-electron chi connectivity index (χ0n) is 38.3. The van der Waals surface area contributed by atoms with Crippen LogP contribution in [0.3, 0.4) is 0 Å². The van der Waals surface area contributed by atoms with Crippen LogP contribution in [0.1, 0.15) is 104 Å². The van der Waals surface area contributed by atoms with Gasteiger partial charge in [0.25, 0.3) is 5.91 Å². The first-order chi connectivity index (χ1) is 29.3. The molecule has 0 aromatic heterocycles. The number of nitrogens with zero attached hydrogens (tertiary/aromatic N) is 4. The number of ether oxygens (including phenoxy) is 2. The molecule has 1 aliphatic carbocycles. The number of likely N-dealkylation sites (tertiary alicyclic amines) is 1. The Balaban J connectivity index is 1.23. The lowest BCUT2D eigenvalue weighted by Crippen LogP contribution is -2.55. The number of morpholine rings is 1. The molecular weight excluding hydrogens is 771 g/mol. The number of carbonyl (C=O) groups is 2. The van der Waals surface area contributed by atoms with Gasteiger partial charge in [0.15, 0.2) is 6.61 Å². The van der Waals surface area contributed by atoms with Crippen molar-refractivity contribution in [1.82, 2.24) is 25.1 Å². The highest BCUT2D eigenvalue weighted by atomic mass is 16.7. The van der Waals surface area contributed by atoms with Gasteiger partial charge < -0.3 is 34.8 Å². The van der Waals surface area contributed by atoms with Crippen molar-refractivity contribution in [2.24, 2.45) is 29.1 Å². The van der Waals surface area contributed by atoms with E-state index in [1.54, 1.807) is 12.0 Å². The summed E-state index contributed by atoms with van der Waals surface area (Å²) in [4.78, 5) is 40.8. The highest BCUT2D eigenvalue weighted by Gasteiger charge is 2.50. The minimum atomic E-state index is -0.860. The number of rotatable bonds is 19. The number of para-hydroxylation sites is 1. The van der Waals surface area contributed by atoms with E-state index in [0.717, 1.165) is 67.8 Å². The Morgan fingerprint density at radius 3 is 2.41 bits per heavy atom. The van der Waals surface area contributed by atoms with Crippen molar-refractivity contribution in [2.45, 2.75) is 137 Å². The van der Waals surface area contributed by atoms with Crippen molar-refractivity contribution in [1.29, 1.82) is 0 Å². The van der Waals surface area contributed by atoms with Crippen LogP contribution >= 0.6 is 0 Å². The maximum atomic E-state index is 14.4. The second-order valence-corrected chi connectivity index (χ2v) is 19.7. The SMILES string of the molecule is CC[C@@H]1CC(NC(=O)C2C([C@H](C)O)[C@H](CO)ON2Cc2cccc(CN(Cc3ccccc3OCC(=O)N3CCOCC3)[C@@H](CC(C)C)CN3CCCC3)c2)[C@@H](C)CC1(C)C. The van der Waals surface area contributed by atoms with Crippen LogP contribution in [-0.2, 0) is 38.8 Å². The van der Waals surface area contributed by atoms with Crippen LogP contribution in [-0.4, -0.2) is 131 Å². The van der Waals surface area contributed by atoms with Gasteiger partial charge in [-0.2, -0.15) is 5.06 Å². The second kappa shape index (κ2) is 22.0. The first-order valence-corrected chi connectivity index (χ1v) is 23.4. The number of hydrogen-bond acceptors (Lipinski definition) is 10. The Hall–Kier alpha value is -3.10. The summed E-state index contributed by atoms with van der Waals surface area (Å²) in [6.07, 6.45) is 4.95. The molecule has 0 radical (unpaired) electrons. The lowest BCUT2D eigenvalue weighted by Gasteiger charge is -2.46. The molecule has 3 heterocycles. The average molecular weight is 848 g/mol.